The van der Waals surface area contributed by atoms with Crippen molar-refractivity contribution in [3.63, 3.8) is 0 Å². The molecule has 2 N–H and O–H groups in total. The molecule has 1 aromatic carbocycles. The lowest BCUT2D eigenvalue weighted by Gasteiger charge is -2.13. The van der Waals surface area contributed by atoms with Gasteiger partial charge in [-0.3, -0.25) is 0 Å². The summed E-state index contributed by atoms with van der Waals surface area (Å²) in [6.07, 6.45) is -2.80. The molecule has 0 saturated carbocycles. The van der Waals surface area contributed by atoms with Crippen molar-refractivity contribution in [3.8, 4) is 5.75 Å². The Morgan fingerprint density at radius 2 is 1.82 bits per heavy atom. The smallest absolute Gasteiger partial charge is 0.406 e. The molecule has 0 heterocycles. The van der Waals surface area contributed by atoms with E-state index in [1.807, 2.05) is 6.92 Å². The van der Waals surface area contributed by atoms with Crippen molar-refractivity contribution < 1.29 is 17.9 Å². The van der Waals surface area contributed by atoms with Crippen LogP contribution in [0.3, 0.4) is 0 Å². The highest BCUT2D eigenvalue weighted by molar-refractivity contribution is 5.29. The lowest BCUT2D eigenvalue weighted by molar-refractivity contribution is -0.274. The van der Waals surface area contributed by atoms with Crippen LogP contribution in [0.4, 0.5) is 13.2 Å². The summed E-state index contributed by atoms with van der Waals surface area (Å²) in [6, 6.07) is 5.98. The summed E-state index contributed by atoms with van der Waals surface area (Å²) in [5, 5.41) is 0. The molecular formula is C12H16F3NO. The molecule has 1 rings (SSSR count). The number of rotatable bonds is 5. The molecule has 2 nitrogen and oxygen atoms in total. The van der Waals surface area contributed by atoms with E-state index >= 15 is 0 Å². The van der Waals surface area contributed by atoms with Crippen LogP contribution in [0, 0.1) is 0 Å². The average molecular weight is 247 g/mol. The van der Waals surface area contributed by atoms with Gasteiger partial charge in [-0.25, -0.2) is 0 Å². The summed E-state index contributed by atoms with van der Waals surface area (Å²) in [6.45, 7) is 2.65. The number of hydrogen-bond acceptors (Lipinski definition) is 2. The summed E-state index contributed by atoms with van der Waals surface area (Å²) < 4.78 is 39.6. The maximum Gasteiger partial charge on any atom is 0.573 e. The third kappa shape index (κ3) is 5.08. The molecule has 0 spiro atoms. The lowest BCUT2D eigenvalue weighted by atomic mass is 9.96. The fraction of sp³-hybridized carbons (Fsp3) is 0.500. The summed E-state index contributed by atoms with van der Waals surface area (Å²) >= 11 is 0. The SMILES string of the molecule is CC(CCCN)c1ccc(OC(F)(F)F)cc1. The van der Waals surface area contributed by atoms with Gasteiger partial charge in [0.2, 0.25) is 0 Å². The fourth-order valence-corrected chi connectivity index (χ4v) is 1.59. The van der Waals surface area contributed by atoms with Gasteiger partial charge in [0.15, 0.2) is 0 Å². The normalized spacial score (nSPS) is 13.5. The van der Waals surface area contributed by atoms with Crippen LogP contribution in [0.1, 0.15) is 31.2 Å². The quantitative estimate of drug-likeness (QED) is 0.865. The van der Waals surface area contributed by atoms with Crippen LogP contribution in [-0.2, 0) is 0 Å². The molecule has 5 heteroatoms. The molecule has 0 aliphatic rings. The van der Waals surface area contributed by atoms with E-state index < -0.39 is 6.36 Å². The van der Waals surface area contributed by atoms with Crippen molar-refractivity contribution in [1.29, 1.82) is 0 Å². The maximum atomic E-state index is 11.9. The van der Waals surface area contributed by atoms with E-state index in [-0.39, 0.29) is 5.75 Å². The van der Waals surface area contributed by atoms with Crippen molar-refractivity contribution in [2.24, 2.45) is 5.73 Å². The minimum Gasteiger partial charge on any atom is -0.406 e. The first-order valence-electron chi connectivity index (χ1n) is 5.48. The lowest BCUT2D eigenvalue weighted by Crippen LogP contribution is -2.17. The minimum absolute atomic E-state index is 0.188. The van der Waals surface area contributed by atoms with Crippen LogP contribution in [0.2, 0.25) is 0 Å². The van der Waals surface area contributed by atoms with Gasteiger partial charge in [0.1, 0.15) is 5.75 Å². The molecule has 17 heavy (non-hydrogen) atoms. The Balaban J connectivity index is 2.61. The van der Waals surface area contributed by atoms with Gasteiger partial charge >= 0.3 is 6.36 Å². The van der Waals surface area contributed by atoms with Gasteiger partial charge in [-0.1, -0.05) is 19.1 Å². The monoisotopic (exact) mass is 247 g/mol. The fourth-order valence-electron chi connectivity index (χ4n) is 1.59. The molecule has 96 valence electrons. The Hall–Kier alpha value is -1.23. The Morgan fingerprint density at radius 3 is 2.29 bits per heavy atom. The third-order valence-electron chi connectivity index (χ3n) is 2.52. The van der Waals surface area contributed by atoms with Gasteiger partial charge in [0, 0.05) is 0 Å². The van der Waals surface area contributed by atoms with E-state index in [9.17, 15) is 13.2 Å². The molecule has 1 unspecified atom stereocenters. The molecule has 0 aliphatic heterocycles. The standard InChI is InChI=1S/C12H16F3NO/c1-9(3-2-8-16)10-4-6-11(7-5-10)17-12(13,14)15/h4-7,9H,2-3,8,16H2,1H3. The summed E-state index contributed by atoms with van der Waals surface area (Å²) in [7, 11) is 0. The Morgan fingerprint density at radius 1 is 1.24 bits per heavy atom. The van der Waals surface area contributed by atoms with Gasteiger partial charge < -0.3 is 10.5 Å². The molecule has 0 bridgehead atoms. The van der Waals surface area contributed by atoms with Crippen LogP contribution in [-0.4, -0.2) is 12.9 Å². The molecule has 1 atom stereocenters. The van der Waals surface area contributed by atoms with Gasteiger partial charge in [-0.2, -0.15) is 0 Å². The molecule has 0 radical (unpaired) electrons. The third-order valence-corrected chi connectivity index (χ3v) is 2.52. The number of ether oxygens (including phenoxy) is 1. The topological polar surface area (TPSA) is 35.2 Å². The highest BCUT2D eigenvalue weighted by Crippen LogP contribution is 2.26. The van der Waals surface area contributed by atoms with Crippen molar-refractivity contribution in [3.05, 3.63) is 29.8 Å². The van der Waals surface area contributed by atoms with Gasteiger partial charge in [0.25, 0.3) is 0 Å². The van der Waals surface area contributed by atoms with E-state index in [1.165, 1.54) is 12.1 Å². The summed E-state index contributed by atoms with van der Waals surface area (Å²) in [5.74, 6) is 0.103. The number of halogens is 3. The van der Waals surface area contributed by atoms with E-state index in [4.69, 9.17) is 5.73 Å². The van der Waals surface area contributed by atoms with Gasteiger partial charge in [-0.15, -0.1) is 13.2 Å². The minimum atomic E-state index is -4.63. The molecule has 0 aliphatic carbocycles. The van der Waals surface area contributed by atoms with Crippen LogP contribution < -0.4 is 10.5 Å². The predicted molar refractivity (Wildman–Crippen MR) is 59.8 cm³/mol. The first-order valence-corrected chi connectivity index (χ1v) is 5.48. The van der Waals surface area contributed by atoms with E-state index in [1.54, 1.807) is 12.1 Å². The van der Waals surface area contributed by atoms with Gasteiger partial charge in [-0.05, 0) is 43.0 Å². The highest BCUT2D eigenvalue weighted by atomic mass is 19.4. The second kappa shape index (κ2) is 5.91. The number of nitrogens with two attached hydrogens (primary N) is 1. The number of benzene rings is 1. The summed E-state index contributed by atoms with van der Waals surface area (Å²) in [5.41, 5.74) is 6.40. The van der Waals surface area contributed by atoms with E-state index in [0.717, 1.165) is 18.4 Å². The second-order valence-corrected chi connectivity index (χ2v) is 3.95. The number of hydrogen-bond donors (Lipinski definition) is 1. The first-order chi connectivity index (χ1) is 7.92. The molecule has 0 saturated heterocycles. The highest BCUT2D eigenvalue weighted by Gasteiger charge is 2.30. The largest absolute Gasteiger partial charge is 0.573 e. The molecular weight excluding hydrogens is 231 g/mol. The van der Waals surface area contributed by atoms with Crippen molar-refractivity contribution in [2.75, 3.05) is 6.54 Å². The zero-order valence-corrected chi connectivity index (χ0v) is 9.63. The van der Waals surface area contributed by atoms with Crippen LogP contribution in [0.15, 0.2) is 24.3 Å². The van der Waals surface area contributed by atoms with Crippen molar-refractivity contribution in [1.82, 2.24) is 0 Å². The van der Waals surface area contributed by atoms with E-state index in [0.29, 0.717) is 12.5 Å². The summed E-state index contributed by atoms with van der Waals surface area (Å²) in [4.78, 5) is 0. The van der Waals surface area contributed by atoms with Crippen LogP contribution >= 0.6 is 0 Å². The predicted octanol–water partition coefficient (Wildman–Crippen LogP) is 3.43. The van der Waals surface area contributed by atoms with Gasteiger partial charge in [0.05, 0.1) is 0 Å². The Kier molecular flexibility index (Phi) is 4.81. The molecule has 1 aromatic rings. The number of alkyl halides is 3. The molecule has 0 aromatic heterocycles. The molecule has 0 amide bonds. The van der Waals surface area contributed by atoms with Crippen molar-refractivity contribution >= 4 is 0 Å². The van der Waals surface area contributed by atoms with Crippen LogP contribution in [0.25, 0.3) is 0 Å². The van der Waals surface area contributed by atoms with Crippen molar-refractivity contribution in [2.45, 2.75) is 32.0 Å². The zero-order valence-electron chi connectivity index (χ0n) is 9.63. The average Bonchev–Trinajstić information content (AvgIpc) is 2.24. The van der Waals surface area contributed by atoms with E-state index in [2.05, 4.69) is 4.74 Å². The maximum absolute atomic E-state index is 11.9. The molecule has 0 fully saturated rings. The van der Waals surface area contributed by atoms with Crippen LogP contribution in [0.5, 0.6) is 5.75 Å². The first kappa shape index (κ1) is 13.8. The Bertz CT molecular complexity index is 335. The Labute approximate surface area is 98.6 Å². The zero-order chi connectivity index (χ0) is 12.9. The second-order valence-electron chi connectivity index (χ2n) is 3.95.